The molecule has 2 nitrogen and oxygen atoms in total. The molecule has 0 aromatic heterocycles. The smallest absolute Gasteiger partial charge is 0.136 e. The van der Waals surface area contributed by atoms with E-state index in [0.29, 0.717) is 5.92 Å². The molecule has 2 aromatic carbocycles. The molecule has 0 aliphatic heterocycles. The van der Waals surface area contributed by atoms with Crippen molar-refractivity contribution in [1.29, 1.82) is 0 Å². The Morgan fingerprint density at radius 2 is 1.62 bits per heavy atom. The second kappa shape index (κ2) is 8.20. The Morgan fingerprint density at radius 3 is 2.24 bits per heavy atom. The molecule has 0 spiro atoms. The topological polar surface area (TPSA) is 21.3 Å². The third-order valence-corrected chi connectivity index (χ3v) is 3.67. The molecule has 0 saturated carbocycles. The van der Waals surface area contributed by atoms with Gasteiger partial charge in [-0.3, -0.25) is 0 Å². The van der Waals surface area contributed by atoms with Gasteiger partial charge in [-0.1, -0.05) is 60.1 Å². The number of halogens is 1. The highest BCUT2D eigenvalue weighted by Gasteiger charge is 2.13. The zero-order chi connectivity index (χ0) is 15.1. The predicted octanol–water partition coefficient (Wildman–Crippen LogP) is 4.81. The highest BCUT2D eigenvalue weighted by atomic mass is 79.9. The van der Waals surface area contributed by atoms with Gasteiger partial charge in [0.15, 0.2) is 0 Å². The van der Waals surface area contributed by atoms with Gasteiger partial charge >= 0.3 is 0 Å². The van der Waals surface area contributed by atoms with Crippen molar-refractivity contribution >= 4 is 15.9 Å². The monoisotopic (exact) mass is 347 g/mol. The van der Waals surface area contributed by atoms with Gasteiger partial charge in [0, 0.05) is 11.0 Å². The Bertz CT molecular complexity index is 525. The van der Waals surface area contributed by atoms with Crippen LogP contribution in [0.25, 0.3) is 0 Å². The van der Waals surface area contributed by atoms with Gasteiger partial charge in [0.25, 0.3) is 0 Å². The molecule has 0 amide bonds. The predicted molar refractivity (Wildman–Crippen MR) is 91.7 cm³/mol. The van der Waals surface area contributed by atoms with E-state index in [1.807, 2.05) is 30.3 Å². The van der Waals surface area contributed by atoms with Crippen molar-refractivity contribution in [3.63, 3.8) is 0 Å². The second-order valence-electron chi connectivity index (χ2n) is 5.52. The van der Waals surface area contributed by atoms with E-state index in [0.717, 1.165) is 23.3 Å². The van der Waals surface area contributed by atoms with E-state index in [9.17, 15) is 0 Å². The number of nitrogens with one attached hydrogen (secondary N) is 1. The van der Waals surface area contributed by atoms with Crippen molar-refractivity contribution in [3.8, 4) is 5.75 Å². The van der Waals surface area contributed by atoms with Gasteiger partial charge in [-0.15, -0.1) is 0 Å². The number of hydrogen-bond donors (Lipinski definition) is 1. The van der Waals surface area contributed by atoms with Crippen LogP contribution in [0.5, 0.6) is 5.75 Å². The van der Waals surface area contributed by atoms with E-state index in [4.69, 9.17) is 4.74 Å². The molecule has 112 valence electrons. The first-order valence-corrected chi connectivity index (χ1v) is 8.12. The molecule has 0 bridgehead atoms. The lowest BCUT2D eigenvalue weighted by Gasteiger charge is -2.21. The molecule has 2 aromatic rings. The summed E-state index contributed by atoms with van der Waals surface area (Å²) in [5.74, 6) is 1.52. The Kier molecular flexibility index (Phi) is 6.27. The van der Waals surface area contributed by atoms with Crippen LogP contribution in [0.4, 0.5) is 0 Å². The van der Waals surface area contributed by atoms with Crippen LogP contribution in [-0.4, -0.2) is 13.1 Å². The van der Waals surface area contributed by atoms with Crippen molar-refractivity contribution in [2.45, 2.75) is 20.0 Å². The summed E-state index contributed by atoms with van der Waals surface area (Å²) in [4.78, 5) is 0. The lowest BCUT2D eigenvalue weighted by atomic mass is 10.1. The average molecular weight is 348 g/mol. The molecule has 0 fully saturated rings. The van der Waals surface area contributed by atoms with Crippen molar-refractivity contribution in [1.82, 2.24) is 5.32 Å². The van der Waals surface area contributed by atoms with Crippen LogP contribution in [0.3, 0.4) is 0 Å². The Labute approximate surface area is 135 Å². The van der Waals surface area contributed by atoms with Gasteiger partial charge < -0.3 is 10.1 Å². The lowest BCUT2D eigenvalue weighted by molar-refractivity contribution is 0.200. The van der Waals surface area contributed by atoms with Crippen LogP contribution in [0.15, 0.2) is 59.1 Å². The van der Waals surface area contributed by atoms with Gasteiger partial charge in [-0.2, -0.15) is 0 Å². The minimum Gasteiger partial charge on any atom is -0.484 e. The maximum Gasteiger partial charge on any atom is 0.136 e. The zero-order valence-electron chi connectivity index (χ0n) is 12.6. The molecule has 0 heterocycles. The van der Waals surface area contributed by atoms with Crippen LogP contribution < -0.4 is 10.1 Å². The van der Waals surface area contributed by atoms with Gasteiger partial charge in [-0.05, 0) is 42.3 Å². The summed E-state index contributed by atoms with van der Waals surface area (Å²) in [5, 5.41) is 3.48. The van der Waals surface area contributed by atoms with E-state index in [-0.39, 0.29) is 6.10 Å². The SMILES string of the molecule is CC(C)CNCC(Oc1ccc(Br)cc1)c1ccccc1. The minimum absolute atomic E-state index is 0.0196. The summed E-state index contributed by atoms with van der Waals surface area (Å²) in [6, 6.07) is 18.3. The largest absolute Gasteiger partial charge is 0.484 e. The Morgan fingerprint density at radius 1 is 0.952 bits per heavy atom. The maximum atomic E-state index is 6.15. The molecule has 1 unspecified atom stereocenters. The molecule has 0 aliphatic carbocycles. The molecule has 21 heavy (non-hydrogen) atoms. The highest BCUT2D eigenvalue weighted by molar-refractivity contribution is 9.10. The Hall–Kier alpha value is -1.32. The van der Waals surface area contributed by atoms with E-state index in [2.05, 4.69) is 59.4 Å². The third kappa shape index (κ3) is 5.52. The summed E-state index contributed by atoms with van der Waals surface area (Å²) >= 11 is 3.45. The summed E-state index contributed by atoms with van der Waals surface area (Å²) in [7, 11) is 0. The molecule has 0 saturated heterocycles. The summed E-state index contributed by atoms with van der Waals surface area (Å²) in [6.07, 6.45) is 0.0196. The first-order chi connectivity index (χ1) is 10.1. The van der Waals surface area contributed by atoms with Gasteiger partial charge in [-0.25, -0.2) is 0 Å². The molecule has 2 rings (SSSR count). The standard InChI is InChI=1S/C18H22BrNO/c1-14(2)12-20-13-18(15-6-4-3-5-7-15)21-17-10-8-16(19)9-11-17/h3-11,14,18,20H,12-13H2,1-2H3. The lowest BCUT2D eigenvalue weighted by Crippen LogP contribution is -2.28. The van der Waals surface area contributed by atoms with Gasteiger partial charge in [0.05, 0.1) is 0 Å². The van der Waals surface area contributed by atoms with Crippen LogP contribution in [0.2, 0.25) is 0 Å². The number of benzene rings is 2. The highest BCUT2D eigenvalue weighted by Crippen LogP contribution is 2.23. The minimum atomic E-state index is 0.0196. The fourth-order valence-corrected chi connectivity index (χ4v) is 2.34. The fraction of sp³-hybridized carbons (Fsp3) is 0.333. The normalized spacial score (nSPS) is 12.4. The van der Waals surface area contributed by atoms with Crippen LogP contribution in [-0.2, 0) is 0 Å². The first kappa shape index (κ1) is 16.1. The second-order valence-corrected chi connectivity index (χ2v) is 6.44. The van der Waals surface area contributed by atoms with E-state index < -0.39 is 0 Å². The van der Waals surface area contributed by atoms with Crippen LogP contribution >= 0.6 is 15.9 Å². The summed E-state index contributed by atoms with van der Waals surface area (Å²) in [6.45, 7) is 6.21. The quantitative estimate of drug-likeness (QED) is 0.775. The number of ether oxygens (including phenoxy) is 1. The fourth-order valence-electron chi connectivity index (χ4n) is 2.08. The number of rotatable bonds is 7. The maximum absolute atomic E-state index is 6.15. The molecule has 1 N–H and O–H groups in total. The zero-order valence-corrected chi connectivity index (χ0v) is 14.1. The molecule has 1 atom stereocenters. The van der Waals surface area contributed by atoms with Crippen molar-refractivity contribution in [3.05, 3.63) is 64.6 Å². The van der Waals surface area contributed by atoms with Crippen molar-refractivity contribution in [2.24, 2.45) is 5.92 Å². The van der Waals surface area contributed by atoms with Crippen LogP contribution in [0.1, 0.15) is 25.5 Å². The van der Waals surface area contributed by atoms with E-state index in [1.165, 1.54) is 5.56 Å². The van der Waals surface area contributed by atoms with E-state index >= 15 is 0 Å². The Balaban J connectivity index is 2.06. The van der Waals surface area contributed by atoms with Crippen molar-refractivity contribution < 1.29 is 4.74 Å². The van der Waals surface area contributed by atoms with Gasteiger partial charge in [0.2, 0.25) is 0 Å². The summed E-state index contributed by atoms with van der Waals surface area (Å²) < 4.78 is 7.21. The molecular weight excluding hydrogens is 326 g/mol. The third-order valence-electron chi connectivity index (χ3n) is 3.15. The van der Waals surface area contributed by atoms with Crippen LogP contribution in [0, 0.1) is 5.92 Å². The first-order valence-electron chi connectivity index (χ1n) is 7.33. The molecule has 0 radical (unpaired) electrons. The van der Waals surface area contributed by atoms with Gasteiger partial charge in [0.1, 0.15) is 11.9 Å². The van der Waals surface area contributed by atoms with E-state index in [1.54, 1.807) is 0 Å². The molecule has 0 aliphatic rings. The average Bonchev–Trinajstić information content (AvgIpc) is 2.49. The van der Waals surface area contributed by atoms with Crippen molar-refractivity contribution in [2.75, 3.05) is 13.1 Å². The number of hydrogen-bond acceptors (Lipinski definition) is 2. The summed E-state index contributed by atoms with van der Waals surface area (Å²) in [5.41, 5.74) is 1.19. The molecular formula is C18H22BrNO. The molecule has 3 heteroatoms.